The Morgan fingerprint density at radius 3 is 2.92 bits per heavy atom. The van der Waals surface area contributed by atoms with E-state index in [1.54, 1.807) is 0 Å². The fourth-order valence-corrected chi connectivity index (χ4v) is 2.56. The van der Waals surface area contributed by atoms with Gasteiger partial charge in [0.05, 0.1) is 6.61 Å². The highest BCUT2D eigenvalue weighted by Crippen LogP contribution is 2.26. The minimum atomic E-state index is 0.313. The van der Waals surface area contributed by atoms with Crippen LogP contribution in [0.2, 0.25) is 0 Å². The van der Waals surface area contributed by atoms with Gasteiger partial charge in [-0.05, 0) is 25.8 Å². The second kappa shape index (κ2) is 3.73. The highest BCUT2D eigenvalue weighted by molar-refractivity contribution is 4.91. The first-order valence-corrected chi connectivity index (χ1v) is 4.99. The van der Waals surface area contributed by atoms with Crippen molar-refractivity contribution in [2.24, 2.45) is 0 Å². The molecule has 0 amide bonds. The van der Waals surface area contributed by atoms with Gasteiger partial charge in [0.25, 0.3) is 0 Å². The van der Waals surface area contributed by atoms with Gasteiger partial charge in [0.1, 0.15) is 0 Å². The van der Waals surface area contributed by atoms with Crippen molar-refractivity contribution in [1.29, 1.82) is 0 Å². The molecule has 0 saturated carbocycles. The van der Waals surface area contributed by atoms with Gasteiger partial charge < -0.3 is 10.4 Å². The molecule has 2 aliphatic heterocycles. The van der Waals surface area contributed by atoms with E-state index in [1.807, 2.05) is 0 Å². The lowest BCUT2D eigenvalue weighted by atomic mass is 10.1. The largest absolute Gasteiger partial charge is 0.395 e. The zero-order chi connectivity index (χ0) is 8.39. The molecule has 3 heteroatoms. The molecular formula is C9H18N2O. The van der Waals surface area contributed by atoms with Crippen molar-refractivity contribution in [3.05, 3.63) is 0 Å². The smallest absolute Gasteiger partial charge is 0.0558 e. The molecule has 2 N–H and O–H groups in total. The van der Waals surface area contributed by atoms with Crippen molar-refractivity contribution in [2.75, 3.05) is 26.2 Å². The van der Waals surface area contributed by atoms with E-state index in [9.17, 15) is 0 Å². The first kappa shape index (κ1) is 8.48. The number of fused-ring (bicyclic) bond motifs is 2. The maximum atomic E-state index is 8.91. The molecule has 0 aromatic rings. The van der Waals surface area contributed by atoms with Crippen LogP contribution >= 0.6 is 0 Å². The SMILES string of the molecule is OCCN1[C@H]2CCNC[C@@H]1CC2. The summed E-state index contributed by atoms with van der Waals surface area (Å²) in [5.74, 6) is 0. The van der Waals surface area contributed by atoms with Crippen molar-refractivity contribution in [3.8, 4) is 0 Å². The summed E-state index contributed by atoms with van der Waals surface area (Å²) in [5, 5.41) is 12.4. The van der Waals surface area contributed by atoms with E-state index in [2.05, 4.69) is 10.2 Å². The van der Waals surface area contributed by atoms with Gasteiger partial charge in [-0.3, -0.25) is 4.90 Å². The maximum Gasteiger partial charge on any atom is 0.0558 e. The molecule has 0 aromatic heterocycles. The van der Waals surface area contributed by atoms with E-state index in [-0.39, 0.29) is 0 Å². The highest BCUT2D eigenvalue weighted by atomic mass is 16.3. The Hall–Kier alpha value is -0.120. The van der Waals surface area contributed by atoms with Crippen LogP contribution in [0, 0.1) is 0 Å². The number of aliphatic hydroxyl groups excluding tert-OH is 1. The topological polar surface area (TPSA) is 35.5 Å². The molecule has 2 atom stereocenters. The molecule has 2 rings (SSSR count). The van der Waals surface area contributed by atoms with E-state index >= 15 is 0 Å². The lowest BCUT2D eigenvalue weighted by molar-refractivity contribution is 0.153. The van der Waals surface area contributed by atoms with Gasteiger partial charge in [-0.25, -0.2) is 0 Å². The Balaban J connectivity index is 1.99. The summed E-state index contributed by atoms with van der Waals surface area (Å²) in [7, 11) is 0. The van der Waals surface area contributed by atoms with Gasteiger partial charge in [0, 0.05) is 25.2 Å². The van der Waals surface area contributed by atoms with Gasteiger partial charge in [-0.2, -0.15) is 0 Å². The lowest BCUT2D eigenvalue weighted by Crippen LogP contribution is -2.39. The molecule has 2 bridgehead atoms. The van der Waals surface area contributed by atoms with Crippen LogP contribution in [0.4, 0.5) is 0 Å². The maximum absolute atomic E-state index is 8.91. The standard InChI is InChI=1S/C9H18N2O/c12-6-5-11-8-1-2-9(11)7-10-4-3-8/h8-10,12H,1-7H2/t8-,9+/m1/s1. The highest BCUT2D eigenvalue weighted by Gasteiger charge is 2.33. The van der Waals surface area contributed by atoms with Crippen molar-refractivity contribution >= 4 is 0 Å². The third kappa shape index (κ3) is 1.49. The van der Waals surface area contributed by atoms with E-state index in [0.29, 0.717) is 12.6 Å². The van der Waals surface area contributed by atoms with E-state index in [1.165, 1.54) is 19.3 Å². The number of rotatable bonds is 2. The Morgan fingerprint density at radius 2 is 2.08 bits per heavy atom. The molecule has 70 valence electrons. The van der Waals surface area contributed by atoms with Gasteiger partial charge >= 0.3 is 0 Å². The number of hydrogen-bond acceptors (Lipinski definition) is 3. The zero-order valence-electron chi connectivity index (χ0n) is 7.50. The molecular weight excluding hydrogens is 152 g/mol. The first-order valence-electron chi connectivity index (χ1n) is 4.99. The van der Waals surface area contributed by atoms with Crippen molar-refractivity contribution in [1.82, 2.24) is 10.2 Å². The average molecular weight is 170 g/mol. The Kier molecular flexibility index (Phi) is 2.63. The van der Waals surface area contributed by atoms with E-state index in [4.69, 9.17) is 5.11 Å². The van der Waals surface area contributed by atoms with Crippen molar-refractivity contribution < 1.29 is 5.11 Å². The summed E-state index contributed by atoms with van der Waals surface area (Å²) in [4.78, 5) is 2.49. The molecule has 0 spiro atoms. The predicted octanol–water partition coefficient (Wildman–Crippen LogP) is -0.195. The van der Waals surface area contributed by atoms with Crippen LogP contribution in [-0.4, -0.2) is 48.3 Å². The molecule has 2 fully saturated rings. The van der Waals surface area contributed by atoms with Crippen LogP contribution in [0.25, 0.3) is 0 Å². The van der Waals surface area contributed by atoms with Gasteiger partial charge in [-0.15, -0.1) is 0 Å². The second-order valence-corrected chi connectivity index (χ2v) is 3.84. The van der Waals surface area contributed by atoms with Gasteiger partial charge in [0.15, 0.2) is 0 Å². The summed E-state index contributed by atoms with van der Waals surface area (Å²) in [6.45, 7) is 3.46. The fraction of sp³-hybridized carbons (Fsp3) is 1.00. The Bertz CT molecular complexity index is 137. The normalized spacial score (nSPS) is 36.8. The predicted molar refractivity (Wildman–Crippen MR) is 48.1 cm³/mol. The van der Waals surface area contributed by atoms with Gasteiger partial charge in [-0.1, -0.05) is 0 Å². The number of nitrogens with zero attached hydrogens (tertiary/aromatic N) is 1. The Labute approximate surface area is 73.8 Å². The molecule has 0 aromatic carbocycles. The molecule has 0 unspecified atom stereocenters. The molecule has 2 heterocycles. The lowest BCUT2D eigenvalue weighted by Gasteiger charge is -2.26. The summed E-state index contributed by atoms with van der Waals surface area (Å²) >= 11 is 0. The molecule has 2 aliphatic rings. The van der Waals surface area contributed by atoms with Crippen LogP contribution in [0.1, 0.15) is 19.3 Å². The average Bonchev–Trinajstić information content (AvgIpc) is 2.26. The number of hydrogen-bond donors (Lipinski definition) is 2. The van der Waals surface area contributed by atoms with Crippen LogP contribution < -0.4 is 5.32 Å². The minimum absolute atomic E-state index is 0.313. The third-order valence-corrected chi connectivity index (χ3v) is 3.16. The van der Waals surface area contributed by atoms with Crippen molar-refractivity contribution in [3.63, 3.8) is 0 Å². The van der Waals surface area contributed by atoms with E-state index < -0.39 is 0 Å². The van der Waals surface area contributed by atoms with Crippen molar-refractivity contribution in [2.45, 2.75) is 31.3 Å². The first-order chi connectivity index (χ1) is 5.92. The number of nitrogens with one attached hydrogen (secondary N) is 1. The number of aliphatic hydroxyl groups is 1. The zero-order valence-corrected chi connectivity index (χ0v) is 7.50. The second-order valence-electron chi connectivity index (χ2n) is 3.84. The monoisotopic (exact) mass is 170 g/mol. The minimum Gasteiger partial charge on any atom is -0.395 e. The summed E-state index contributed by atoms with van der Waals surface area (Å²) < 4.78 is 0. The van der Waals surface area contributed by atoms with Crippen LogP contribution in [0.3, 0.4) is 0 Å². The van der Waals surface area contributed by atoms with Crippen LogP contribution in [-0.2, 0) is 0 Å². The molecule has 0 aliphatic carbocycles. The summed E-state index contributed by atoms with van der Waals surface area (Å²) in [6, 6.07) is 1.45. The molecule has 12 heavy (non-hydrogen) atoms. The van der Waals surface area contributed by atoms with Crippen LogP contribution in [0.15, 0.2) is 0 Å². The molecule has 0 radical (unpaired) electrons. The summed E-state index contributed by atoms with van der Waals surface area (Å²) in [5.41, 5.74) is 0. The summed E-state index contributed by atoms with van der Waals surface area (Å²) in [6.07, 6.45) is 3.92. The molecule has 3 nitrogen and oxygen atoms in total. The van der Waals surface area contributed by atoms with E-state index in [0.717, 1.165) is 25.7 Å². The Morgan fingerprint density at radius 1 is 1.25 bits per heavy atom. The van der Waals surface area contributed by atoms with Crippen LogP contribution in [0.5, 0.6) is 0 Å². The fourth-order valence-electron chi connectivity index (χ4n) is 2.56. The molecule has 2 saturated heterocycles. The quantitative estimate of drug-likeness (QED) is 0.603. The third-order valence-electron chi connectivity index (χ3n) is 3.16. The van der Waals surface area contributed by atoms with Gasteiger partial charge in [0.2, 0.25) is 0 Å².